The maximum atomic E-state index is 13.2. The third-order valence-corrected chi connectivity index (χ3v) is 7.49. The smallest absolute Gasteiger partial charge is 0.357 e. The van der Waals surface area contributed by atoms with Gasteiger partial charge in [0.25, 0.3) is 10.0 Å². The highest BCUT2D eigenvalue weighted by molar-refractivity contribution is 7.90. The summed E-state index contributed by atoms with van der Waals surface area (Å²) in [5, 5.41) is 2.55. The van der Waals surface area contributed by atoms with E-state index in [0.717, 1.165) is 12.5 Å². The number of nitrogens with zero attached hydrogens (tertiary/aromatic N) is 1. The normalized spacial score (nSPS) is 15.5. The Hall–Kier alpha value is -3.49. The number of benzene rings is 2. The molecule has 0 spiro atoms. The van der Waals surface area contributed by atoms with Gasteiger partial charge >= 0.3 is 10.3 Å². The van der Waals surface area contributed by atoms with E-state index in [1.54, 1.807) is 12.1 Å². The van der Waals surface area contributed by atoms with Gasteiger partial charge in [-0.2, -0.15) is 8.42 Å². The monoisotopic (exact) mass is 538 g/mol. The van der Waals surface area contributed by atoms with E-state index in [4.69, 9.17) is 4.55 Å². The zero-order valence-electron chi connectivity index (χ0n) is 19.5. The van der Waals surface area contributed by atoms with Crippen molar-refractivity contribution in [1.82, 2.24) is 14.9 Å². The number of sulfonamides is 1. The molecule has 3 amide bonds. The second-order valence-corrected chi connectivity index (χ2v) is 11.1. The predicted molar refractivity (Wildman–Crippen MR) is 129 cm³/mol. The first-order chi connectivity index (χ1) is 16.8. The van der Waals surface area contributed by atoms with E-state index in [9.17, 15) is 31.2 Å². The lowest BCUT2D eigenvalue weighted by molar-refractivity contribution is -0.141. The quantitative estimate of drug-likeness (QED) is 0.348. The number of fused-ring (bicyclic) bond motifs is 1. The molecule has 0 aliphatic carbocycles. The molecule has 4 N–H and O–H groups in total. The van der Waals surface area contributed by atoms with Gasteiger partial charge in [-0.25, -0.2) is 13.1 Å². The number of carbonyl (C=O) groups excluding carboxylic acids is 3. The predicted octanol–water partition coefficient (Wildman–Crippen LogP) is 0.358. The molecule has 1 aliphatic rings. The third kappa shape index (κ3) is 6.80. The lowest BCUT2D eigenvalue weighted by Gasteiger charge is -2.36. The van der Waals surface area contributed by atoms with Gasteiger partial charge in [0.15, 0.2) is 0 Å². The highest BCUT2D eigenvalue weighted by Gasteiger charge is 2.34. The van der Waals surface area contributed by atoms with E-state index in [1.165, 1.54) is 42.3 Å². The number of amides is 3. The fourth-order valence-corrected chi connectivity index (χ4v) is 5.46. The minimum absolute atomic E-state index is 0.0319. The molecule has 1 atom stereocenters. The van der Waals surface area contributed by atoms with E-state index in [2.05, 4.69) is 5.32 Å². The fourth-order valence-electron chi connectivity index (χ4n) is 3.97. The maximum absolute atomic E-state index is 13.2. The van der Waals surface area contributed by atoms with Crippen molar-refractivity contribution >= 4 is 43.7 Å². The van der Waals surface area contributed by atoms with Crippen molar-refractivity contribution in [2.24, 2.45) is 0 Å². The second-order valence-electron chi connectivity index (χ2n) is 8.23. The molecule has 3 rings (SSSR count). The standard InChI is InChI=1S/C22H26N4O8S2/c1-14(27)24-35(30,31)19-5-3-4-15(10-19)6-9-21(28)26-13-17-11-18(25-36(32,33)34)8-7-16(17)12-20(26)22(29)23-2/h3-5,7-8,10-11,20,25H,6,9,12-13H2,1-2H3,(H,23,29)(H,24,27)(H,32,33,34)/t20-/m1/s1. The lowest BCUT2D eigenvalue weighted by atomic mass is 9.92. The molecule has 194 valence electrons. The van der Waals surface area contributed by atoms with Crippen LogP contribution in [0.4, 0.5) is 5.69 Å². The summed E-state index contributed by atoms with van der Waals surface area (Å²) in [6.45, 7) is 1.12. The first kappa shape index (κ1) is 27.1. The molecule has 12 nitrogen and oxygen atoms in total. The van der Waals surface area contributed by atoms with E-state index in [-0.39, 0.29) is 48.2 Å². The van der Waals surface area contributed by atoms with Gasteiger partial charge in [-0.05, 0) is 47.4 Å². The summed E-state index contributed by atoms with van der Waals surface area (Å²) in [5.41, 5.74) is 2.02. The average molecular weight is 539 g/mol. The molecule has 0 radical (unpaired) electrons. The molecule has 36 heavy (non-hydrogen) atoms. The molecule has 0 saturated heterocycles. The Kier molecular flexibility index (Phi) is 8.01. The van der Waals surface area contributed by atoms with Crippen LogP contribution in [0.3, 0.4) is 0 Å². The van der Waals surface area contributed by atoms with Crippen molar-refractivity contribution in [3.63, 3.8) is 0 Å². The molecule has 1 heterocycles. The number of likely N-dealkylation sites (N-methyl/N-ethyl adjacent to an activating group) is 1. The van der Waals surface area contributed by atoms with Crippen LogP contribution in [-0.4, -0.2) is 57.1 Å². The van der Waals surface area contributed by atoms with Gasteiger partial charge in [-0.3, -0.25) is 23.7 Å². The van der Waals surface area contributed by atoms with Crippen molar-refractivity contribution in [2.75, 3.05) is 11.8 Å². The molecule has 1 aliphatic heterocycles. The number of anilines is 1. The number of carbonyl (C=O) groups is 3. The largest absolute Gasteiger partial charge is 0.357 e. The fraction of sp³-hybridized carbons (Fsp3) is 0.318. The summed E-state index contributed by atoms with van der Waals surface area (Å²) in [6.07, 6.45) is 0.350. The summed E-state index contributed by atoms with van der Waals surface area (Å²) < 4.78 is 59.7. The van der Waals surface area contributed by atoms with Gasteiger partial charge in [0.1, 0.15) is 6.04 Å². The number of nitrogens with one attached hydrogen (secondary N) is 3. The Bertz CT molecular complexity index is 1410. The third-order valence-electron chi connectivity index (χ3n) is 5.57. The van der Waals surface area contributed by atoms with Crippen LogP contribution in [-0.2, 0) is 54.1 Å². The molecule has 0 bridgehead atoms. The van der Waals surface area contributed by atoms with Crippen LogP contribution in [0.15, 0.2) is 47.4 Å². The Morgan fingerprint density at radius 2 is 1.78 bits per heavy atom. The van der Waals surface area contributed by atoms with Crippen LogP contribution < -0.4 is 14.8 Å². The Morgan fingerprint density at radius 3 is 2.42 bits per heavy atom. The molecule has 0 aromatic heterocycles. The molecule has 14 heteroatoms. The molecule has 2 aromatic carbocycles. The Labute approximate surface area is 209 Å². The summed E-state index contributed by atoms with van der Waals surface area (Å²) in [4.78, 5) is 38.2. The second kappa shape index (κ2) is 10.6. The Morgan fingerprint density at radius 1 is 1.06 bits per heavy atom. The maximum Gasteiger partial charge on any atom is 0.357 e. The topological polar surface area (TPSA) is 179 Å². The first-order valence-corrected chi connectivity index (χ1v) is 13.7. The average Bonchev–Trinajstić information content (AvgIpc) is 2.79. The minimum atomic E-state index is -4.48. The van der Waals surface area contributed by atoms with Crippen LogP contribution in [0.25, 0.3) is 0 Å². The van der Waals surface area contributed by atoms with E-state index >= 15 is 0 Å². The van der Waals surface area contributed by atoms with Crippen molar-refractivity contribution in [3.05, 3.63) is 59.2 Å². The Balaban J connectivity index is 1.80. The molecule has 2 aromatic rings. The van der Waals surface area contributed by atoms with Crippen molar-refractivity contribution in [1.29, 1.82) is 0 Å². The van der Waals surface area contributed by atoms with Gasteiger partial charge in [-0.1, -0.05) is 18.2 Å². The highest BCUT2D eigenvalue weighted by Crippen LogP contribution is 2.27. The molecular formula is C22H26N4O8S2. The van der Waals surface area contributed by atoms with Crippen LogP contribution in [0.1, 0.15) is 30.0 Å². The number of hydrogen-bond donors (Lipinski definition) is 4. The SMILES string of the molecule is CNC(=O)[C@H]1Cc2ccc(NS(=O)(=O)O)cc2CN1C(=O)CCc1cccc(S(=O)(=O)NC(C)=O)c1. The van der Waals surface area contributed by atoms with Crippen LogP contribution in [0, 0.1) is 0 Å². The number of rotatable bonds is 8. The van der Waals surface area contributed by atoms with E-state index in [0.29, 0.717) is 11.1 Å². The van der Waals surface area contributed by atoms with Gasteiger partial charge in [0.2, 0.25) is 17.7 Å². The van der Waals surface area contributed by atoms with Crippen molar-refractivity contribution < 1.29 is 35.8 Å². The molecule has 0 saturated carbocycles. The van der Waals surface area contributed by atoms with Crippen LogP contribution >= 0.6 is 0 Å². The lowest BCUT2D eigenvalue weighted by Crippen LogP contribution is -2.52. The first-order valence-electron chi connectivity index (χ1n) is 10.8. The molecule has 0 unspecified atom stereocenters. The van der Waals surface area contributed by atoms with Crippen molar-refractivity contribution in [2.45, 2.75) is 43.7 Å². The van der Waals surface area contributed by atoms with Gasteiger partial charge in [-0.15, -0.1) is 0 Å². The van der Waals surface area contributed by atoms with E-state index < -0.39 is 32.3 Å². The van der Waals surface area contributed by atoms with E-state index in [1.807, 2.05) is 9.44 Å². The molecular weight excluding hydrogens is 512 g/mol. The molecule has 0 fully saturated rings. The van der Waals surface area contributed by atoms with Crippen LogP contribution in [0.2, 0.25) is 0 Å². The summed E-state index contributed by atoms with van der Waals surface area (Å²) in [6, 6.07) is 9.62. The zero-order chi connectivity index (χ0) is 26.7. The number of aryl methyl sites for hydroxylation is 1. The zero-order valence-corrected chi connectivity index (χ0v) is 21.1. The minimum Gasteiger partial charge on any atom is -0.357 e. The summed E-state index contributed by atoms with van der Waals surface area (Å²) in [7, 11) is -7.05. The number of hydrogen-bond acceptors (Lipinski definition) is 7. The summed E-state index contributed by atoms with van der Waals surface area (Å²) >= 11 is 0. The van der Waals surface area contributed by atoms with Gasteiger partial charge < -0.3 is 10.2 Å². The van der Waals surface area contributed by atoms with Crippen molar-refractivity contribution in [3.8, 4) is 0 Å². The summed E-state index contributed by atoms with van der Waals surface area (Å²) in [5.74, 6) is -1.45. The van der Waals surface area contributed by atoms with Crippen LogP contribution in [0.5, 0.6) is 0 Å². The van der Waals surface area contributed by atoms with Gasteiger partial charge in [0.05, 0.1) is 10.6 Å². The highest BCUT2D eigenvalue weighted by atomic mass is 32.2. The van der Waals surface area contributed by atoms with Gasteiger partial charge in [0, 0.05) is 33.4 Å².